The van der Waals surface area contributed by atoms with E-state index in [-0.39, 0.29) is 51.4 Å². The van der Waals surface area contributed by atoms with Crippen molar-refractivity contribution in [2.45, 2.75) is 6.68 Å². The quantitative estimate of drug-likeness (QED) is 0.207. The van der Waals surface area contributed by atoms with E-state index in [2.05, 4.69) is 0 Å². The summed E-state index contributed by atoms with van der Waals surface area (Å²) in [6, 6.07) is 0. The molecule has 3 nitrogen and oxygen atoms in total. The van der Waals surface area contributed by atoms with E-state index in [1.165, 1.54) is 0 Å². The topological polar surface area (TPSA) is 54.4 Å². The van der Waals surface area contributed by atoms with E-state index in [4.69, 9.17) is 13.0 Å². The molecule has 8 heteroatoms. The van der Waals surface area contributed by atoms with Crippen LogP contribution in [0.4, 0.5) is 13.2 Å². The van der Waals surface area contributed by atoms with E-state index >= 15 is 0 Å². The Morgan fingerprint density at radius 1 is 1.22 bits per heavy atom. The van der Waals surface area contributed by atoms with Crippen LogP contribution in [-0.2, 0) is 19.4 Å². The molecule has 0 saturated heterocycles. The van der Waals surface area contributed by atoms with Crippen molar-refractivity contribution >= 4 is 11.0 Å². The number of rotatable bonds is 0. The van der Waals surface area contributed by atoms with Gasteiger partial charge in [-0.2, -0.15) is 13.2 Å². The normalized spacial score (nSPS) is 7.78. The monoisotopic (exact) mass is 190 g/mol. The first kappa shape index (κ1) is 16.7. The Morgan fingerprint density at radius 3 is 1.22 bits per heavy atom. The molecule has 0 aliphatic carbocycles. The maximum Gasteiger partial charge on any atom is 1.00 e. The van der Waals surface area contributed by atoms with Crippen molar-refractivity contribution in [3.63, 3.8) is 0 Å². The van der Waals surface area contributed by atoms with Crippen molar-refractivity contribution in [2.75, 3.05) is 0 Å². The standard InChI is InChI=1S/CHF3.K.HO3S/c2-1(3)4;;1-4(2)3/h1H;;(H,1,2,3)/q;+1;-1. The minimum Gasteiger partial charge on any atom is -0.439 e. The van der Waals surface area contributed by atoms with E-state index in [0.717, 1.165) is 0 Å². The number of hydrogen-bond acceptors (Lipinski definition) is 3. The number of alkyl halides is 3. The Kier molecular flexibility index (Phi) is 22.4. The van der Waals surface area contributed by atoms with Gasteiger partial charge in [0.2, 0.25) is 0 Å². The second kappa shape index (κ2) is 12.1. The van der Waals surface area contributed by atoms with Gasteiger partial charge in [-0.25, -0.2) is 0 Å². The summed E-state index contributed by atoms with van der Waals surface area (Å²) in [7, 11) is -2.86. The molecular weight excluding hydrogens is 188 g/mol. The molecule has 0 saturated carbocycles. The molecule has 0 aromatic heterocycles. The van der Waals surface area contributed by atoms with Crippen LogP contribution < -0.4 is 51.4 Å². The minimum absolute atomic E-state index is 0. The van der Waals surface area contributed by atoms with Crippen LogP contribution in [0.15, 0.2) is 0 Å². The maximum atomic E-state index is 9.67. The molecule has 0 unspecified atom stereocenters. The fraction of sp³-hybridized carbons (Fsp3) is 1.00. The zero-order valence-electron chi connectivity index (χ0n) is 4.38. The van der Waals surface area contributed by atoms with Gasteiger partial charge in [0.15, 0.2) is 0 Å². The molecular formula is CH2F3KO3S. The minimum atomic E-state index is -3.67. The molecule has 1 N–H and O–H groups in total. The van der Waals surface area contributed by atoms with Gasteiger partial charge in [0.05, 0.1) is 0 Å². The molecule has 0 amide bonds. The van der Waals surface area contributed by atoms with E-state index in [1.54, 1.807) is 0 Å². The molecule has 0 aromatic rings. The van der Waals surface area contributed by atoms with Crippen molar-refractivity contribution in [1.29, 1.82) is 0 Å². The molecule has 0 aromatic carbocycles. The van der Waals surface area contributed by atoms with E-state index < -0.39 is 17.7 Å². The van der Waals surface area contributed by atoms with Gasteiger partial charge in [0, 0.05) is 11.0 Å². The summed E-state index contributed by atoms with van der Waals surface area (Å²) < 4.78 is 53.1. The first-order valence-corrected chi connectivity index (χ1v) is 2.20. The zero-order chi connectivity index (χ0) is 7.15. The number of halogens is 3. The third kappa shape index (κ3) is 281. The zero-order valence-corrected chi connectivity index (χ0v) is 8.32. The molecule has 0 aliphatic heterocycles. The summed E-state index contributed by atoms with van der Waals surface area (Å²) >= 11 is 0. The van der Waals surface area contributed by atoms with Crippen LogP contribution in [0.1, 0.15) is 0 Å². The Labute approximate surface area is 93.8 Å². The Hall–Kier alpha value is 1.34. The Bertz CT molecular complexity index is 92.5. The third-order valence-electron chi connectivity index (χ3n) is 0. The van der Waals surface area contributed by atoms with Crippen molar-refractivity contribution in [3.05, 3.63) is 0 Å². The van der Waals surface area contributed by atoms with Gasteiger partial charge in [-0.15, -0.1) is 0 Å². The summed E-state index contributed by atoms with van der Waals surface area (Å²) in [5.41, 5.74) is 0. The third-order valence-corrected chi connectivity index (χ3v) is 0. The van der Waals surface area contributed by atoms with Gasteiger partial charge in [0.25, 0.3) is 0 Å². The average molecular weight is 190 g/mol. The second-order valence-electron chi connectivity index (χ2n) is 0.465. The Morgan fingerprint density at radius 2 is 1.22 bits per heavy atom. The number of hydrogen-bond donors (Lipinski definition) is 1. The summed E-state index contributed by atoms with van der Waals surface area (Å²) in [5, 5.41) is 0. The van der Waals surface area contributed by atoms with Crippen LogP contribution in [0.5, 0.6) is 0 Å². The predicted molar refractivity (Wildman–Crippen MR) is 18.5 cm³/mol. The van der Waals surface area contributed by atoms with Crippen molar-refractivity contribution in [2.24, 2.45) is 0 Å². The molecule has 0 spiro atoms. The Balaban J connectivity index is -0.0000000720. The van der Waals surface area contributed by atoms with E-state index in [0.29, 0.717) is 0 Å². The molecule has 0 heterocycles. The van der Waals surface area contributed by atoms with Crippen LogP contribution in [0.3, 0.4) is 0 Å². The molecule has 9 heavy (non-hydrogen) atoms. The van der Waals surface area contributed by atoms with Crippen molar-refractivity contribution in [1.82, 2.24) is 0 Å². The summed E-state index contributed by atoms with van der Waals surface area (Å²) in [6.07, 6.45) is 0. The SMILES string of the molecule is FC(F)F.O=[S-](=O)O.[K+]. The van der Waals surface area contributed by atoms with E-state index in [1.807, 2.05) is 0 Å². The van der Waals surface area contributed by atoms with Crippen molar-refractivity contribution < 1.29 is 77.5 Å². The van der Waals surface area contributed by atoms with Crippen molar-refractivity contribution in [3.8, 4) is 0 Å². The van der Waals surface area contributed by atoms with Gasteiger partial charge >= 0.3 is 58.1 Å². The summed E-state index contributed by atoms with van der Waals surface area (Å²) in [6.45, 7) is -3.67. The van der Waals surface area contributed by atoms with Gasteiger partial charge in [0.1, 0.15) is 0 Å². The summed E-state index contributed by atoms with van der Waals surface area (Å²) in [5.74, 6) is 0. The van der Waals surface area contributed by atoms with Gasteiger partial charge in [-0.05, 0) is 0 Å². The van der Waals surface area contributed by atoms with Crippen LogP contribution in [0.2, 0.25) is 0 Å². The molecule has 0 radical (unpaired) electrons. The average Bonchev–Trinajstić information content (AvgIpc) is 1.25. The van der Waals surface area contributed by atoms with Crippen LogP contribution in [0.25, 0.3) is 0 Å². The fourth-order valence-corrected chi connectivity index (χ4v) is 0. The molecule has 0 rings (SSSR count). The molecule has 0 bridgehead atoms. The fourth-order valence-electron chi connectivity index (χ4n) is 0. The van der Waals surface area contributed by atoms with E-state index in [9.17, 15) is 13.2 Å². The van der Waals surface area contributed by atoms with Gasteiger partial charge < -0.3 is 13.0 Å². The van der Waals surface area contributed by atoms with Crippen LogP contribution in [0, 0.1) is 0 Å². The van der Waals surface area contributed by atoms with Crippen LogP contribution >= 0.6 is 0 Å². The smallest absolute Gasteiger partial charge is 0.439 e. The van der Waals surface area contributed by atoms with Gasteiger partial charge in [-0.3, -0.25) is 0 Å². The molecule has 0 atom stereocenters. The first-order chi connectivity index (χ1) is 3.46. The first-order valence-electron chi connectivity index (χ1n) is 1.17. The maximum absolute atomic E-state index is 9.67. The molecule has 0 fully saturated rings. The second-order valence-corrected chi connectivity index (χ2v) is 0.899. The van der Waals surface area contributed by atoms with Gasteiger partial charge in [-0.1, -0.05) is 0 Å². The molecule has 0 aliphatic rings. The van der Waals surface area contributed by atoms with Crippen LogP contribution in [-0.4, -0.2) is 11.2 Å². The molecule has 52 valence electrons. The largest absolute Gasteiger partial charge is 1.00 e. The predicted octanol–water partition coefficient (Wildman–Crippen LogP) is -2.05. The summed E-state index contributed by atoms with van der Waals surface area (Å²) in [4.78, 5) is 0.